The highest BCUT2D eigenvalue weighted by molar-refractivity contribution is 5.76. The van der Waals surface area contributed by atoms with Gasteiger partial charge in [-0.15, -0.1) is 0 Å². The van der Waals surface area contributed by atoms with Gasteiger partial charge in [0.25, 0.3) is 6.43 Å². The summed E-state index contributed by atoms with van der Waals surface area (Å²) < 4.78 is 47.4. The normalized spacial score (nSPS) is 18.5. The maximum atomic E-state index is 13.7. The van der Waals surface area contributed by atoms with E-state index >= 15 is 0 Å². The number of hydrogen-bond donors (Lipinski definition) is 0. The molecule has 1 saturated heterocycles. The van der Waals surface area contributed by atoms with Crippen molar-refractivity contribution < 1.29 is 17.9 Å². The van der Waals surface area contributed by atoms with E-state index in [0.29, 0.717) is 31.8 Å². The van der Waals surface area contributed by atoms with Gasteiger partial charge in [-0.2, -0.15) is 0 Å². The van der Waals surface area contributed by atoms with Crippen molar-refractivity contribution in [3.8, 4) is 0 Å². The van der Waals surface area contributed by atoms with Gasteiger partial charge in [0.05, 0.1) is 30.1 Å². The number of nitrogens with zero attached hydrogens (tertiary/aromatic N) is 3. The van der Waals surface area contributed by atoms with Crippen LogP contribution in [0.5, 0.6) is 0 Å². The molecule has 0 N–H and O–H groups in total. The van der Waals surface area contributed by atoms with Crippen LogP contribution in [0.1, 0.15) is 29.2 Å². The molecular formula is C20H20F3N3O. The molecule has 1 aromatic heterocycles. The third kappa shape index (κ3) is 3.84. The number of fused-ring (bicyclic) bond motifs is 1. The van der Waals surface area contributed by atoms with Crippen LogP contribution >= 0.6 is 0 Å². The predicted molar refractivity (Wildman–Crippen MR) is 96.0 cm³/mol. The third-order valence-electron chi connectivity index (χ3n) is 4.91. The van der Waals surface area contributed by atoms with Gasteiger partial charge in [-0.25, -0.2) is 18.2 Å². The first kappa shape index (κ1) is 18.0. The average Bonchev–Trinajstić information content (AvgIpc) is 3.02. The standard InChI is InChI=1S/C20H20F3N3O/c1-25-12-24-17-3-2-14(9-18(17)25)19-11-26(4-5-27-19)10-13-6-15(20(22)23)8-16(21)7-13/h2-3,6-9,12,19-20H,4-5,10-11H2,1H3/t19-/m1/s1. The first-order valence-electron chi connectivity index (χ1n) is 8.82. The van der Waals surface area contributed by atoms with E-state index in [4.69, 9.17) is 4.74 Å². The Bertz CT molecular complexity index is 957. The van der Waals surface area contributed by atoms with Crippen molar-refractivity contribution in [3.63, 3.8) is 0 Å². The number of benzene rings is 2. The molecule has 1 aliphatic heterocycles. The number of imidazole rings is 1. The molecule has 1 atom stereocenters. The maximum Gasteiger partial charge on any atom is 0.263 e. The summed E-state index contributed by atoms with van der Waals surface area (Å²) >= 11 is 0. The van der Waals surface area contributed by atoms with Crippen molar-refractivity contribution >= 4 is 11.0 Å². The molecule has 0 aliphatic carbocycles. The number of morpholine rings is 1. The zero-order valence-corrected chi connectivity index (χ0v) is 14.9. The van der Waals surface area contributed by atoms with Crippen LogP contribution in [0.3, 0.4) is 0 Å². The fourth-order valence-electron chi connectivity index (χ4n) is 3.54. The number of alkyl halides is 2. The molecule has 2 heterocycles. The fourth-order valence-corrected chi connectivity index (χ4v) is 3.54. The van der Waals surface area contributed by atoms with Crippen LogP contribution in [0.2, 0.25) is 0 Å². The fraction of sp³-hybridized carbons (Fsp3) is 0.350. The zero-order valence-electron chi connectivity index (χ0n) is 14.9. The van der Waals surface area contributed by atoms with Gasteiger partial charge in [0.15, 0.2) is 0 Å². The van der Waals surface area contributed by atoms with Crippen LogP contribution in [0.25, 0.3) is 11.0 Å². The summed E-state index contributed by atoms with van der Waals surface area (Å²) in [5.74, 6) is -0.630. The number of hydrogen-bond acceptors (Lipinski definition) is 3. The molecule has 1 fully saturated rings. The molecule has 4 nitrogen and oxygen atoms in total. The molecule has 2 aromatic carbocycles. The molecule has 1 aliphatic rings. The van der Waals surface area contributed by atoms with E-state index in [1.807, 2.05) is 23.7 Å². The molecule has 0 spiro atoms. The lowest BCUT2D eigenvalue weighted by atomic mass is 10.1. The van der Waals surface area contributed by atoms with Crippen LogP contribution in [0.15, 0.2) is 42.7 Å². The minimum absolute atomic E-state index is 0.124. The van der Waals surface area contributed by atoms with Gasteiger partial charge in [0.2, 0.25) is 0 Å². The highest BCUT2D eigenvalue weighted by Crippen LogP contribution is 2.27. The molecule has 0 unspecified atom stereocenters. The predicted octanol–water partition coefficient (Wildman–Crippen LogP) is 4.22. The molecule has 4 rings (SSSR count). The van der Waals surface area contributed by atoms with Gasteiger partial charge in [0, 0.05) is 32.2 Å². The van der Waals surface area contributed by atoms with Crippen LogP contribution in [-0.2, 0) is 18.3 Å². The lowest BCUT2D eigenvalue weighted by Gasteiger charge is -2.33. The number of ether oxygens (including phenoxy) is 1. The van der Waals surface area contributed by atoms with E-state index in [0.717, 1.165) is 22.7 Å². The Kier molecular flexibility index (Phi) is 4.88. The molecular weight excluding hydrogens is 355 g/mol. The minimum Gasteiger partial charge on any atom is -0.371 e. The number of aryl methyl sites for hydroxylation is 1. The Labute approximate surface area is 155 Å². The maximum absolute atomic E-state index is 13.7. The molecule has 3 aromatic rings. The Morgan fingerprint density at radius 3 is 2.89 bits per heavy atom. The first-order chi connectivity index (χ1) is 13.0. The number of halogens is 3. The third-order valence-corrected chi connectivity index (χ3v) is 4.91. The molecule has 27 heavy (non-hydrogen) atoms. The van der Waals surface area contributed by atoms with Gasteiger partial charge < -0.3 is 9.30 Å². The molecule has 0 bridgehead atoms. The van der Waals surface area contributed by atoms with Crippen LogP contribution < -0.4 is 0 Å². The van der Waals surface area contributed by atoms with Gasteiger partial charge in [0.1, 0.15) is 5.82 Å². The number of rotatable bonds is 4. The van der Waals surface area contributed by atoms with E-state index in [1.165, 1.54) is 12.1 Å². The van der Waals surface area contributed by atoms with Crippen molar-refractivity contribution in [1.29, 1.82) is 0 Å². The van der Waals surface area contributed by atoms with E-state index in [9.17, 15) is 13.2 Å². The highest BCUT2D eigenvalue weighted by Gasteiger charge is 2.23. The van der Waals surface area contributed by atoms with Crippen molar-refractivity contribution in [2.24, 2.45) is 7.05 Å². The van der Waals surface area contributed by atoms with Crippen LogP contribution in [0.4, 0.5) is 13.2 Å². The second-order valence-corrected chi connectivity index (χ2v) is 6.89. The van der Waals surface area contributed by atoms with E-state index in [1.54, 1.807) is 6.33 Å². The summed E-state index contributed by atoms with van der Waals surface area (Å²) in [6.45, 7) is 2.23. The molecule has 7 heteroatoms. The van der Waals surface area contributed by atoms with E-state index in [-0.39, 0.29) is 11.7 Å². The summed E-state index contributed by atoms with van der Waals surface area (Å²) in [6.07, 6.45) is -1.03. The summed E-state index contributed by atoms with van der Waals surface area (Å²) in [5, 5.41) is 0. The van der Waals surface area contributed by atoms with Gasteiger partial charge in [-0.3, -0.25) is 4.90 Å². The SMILES string of the molecule is Cn1cnc2ccc([C@H]3CN(Cc4cc(F)cc(C(F)F)c4)CCO3)cc21. The molecule has 142 valence electrons. The topological polar surface area (TPSA) is 30.3 Å². The van der Waals surface area contributed by atoms with Crippen LogP contribution in [-0.4, -0.2) is 34.1 Å². The Hall–Kier alpha value is -2.38. The highest BCUT2D eigenvalue weighted by atomic mass is 19.3. The van der Waals surface area contributed by atoms with Crippen LogP contribution in [0, 0.1) is 5.82 Å². The van der Waals surface area contributed by atoms with Gasteiger partial charge in [-0.1, -0.05) is 6.07 Å². The van der Waals surface area contributed by atoms with Crippen molar-refractivity contribution in [1.82, 2.24) is 14.5 Å². The lowest BCUT2D eigenvalue weighted by molar-refractivity contribution is -0.0329. The van der Waals surface area contributed by atoms with Gasteiger partial charge in [-0.05, 0) is 41.5 Å². The molecule has 0 saturated carbocycles. The number of aromatic nitrogens is 2. The summed E-state index contributed by atoms with van der Waals surface area (Å²) in [7, 11) is 1.94. The van der Waals surface area contributed by atoms with E-state index < -0.39 is 12.2 Å². The van der Waals surface area contributed by atoms with Gasteiger partial charge >= 0.3 is 0 Å². The minimum atomic E-state index is -2.68. The zero-order chi connectivity index (χ0) is 19.0. The lowest BCUT2D eigenvalue weighted by Crippen LogP contribution is -2.37. The van der Waals surface area contributed by atoms with Crippen molar-refractivity contribution in [2.45, 2.75) is 19.1 Å². The molecule has 0 radical (unpaired) electrons. The first-order valence-corrected chi connectivity index (χ1v) is 8.82. The Balaban J connectivity index is 1.51. The molecule has 0 amide bonds. The van der Waals surface area contributed by atoms with Crippen molar-refractivity contribution in [3.05, 3.63) is 65.2 Å². The van der Waals surface area contributed by atoms with E-state index in [2.05, 4.69) is 16.0 Å². The quantitative estimate of drug-likeness (QED) is 0.684. The second kappa shape index (κ2) is 7.32. The Morgan fingerprint density at radius 2 is 2.07 bits per heavy atom. The monoisotopic (exact) mass is 375 g/mol. The largest absolute Gasteiger partial charge is 0.371 e. The summed E-state index contributed by atoms with van der Waals surface area (Å²) in [5.41, 5.74) is 3.26. The van der Waals surface area contributed by atoms with Crippen molar-refractivity contribution in [2.75, 3.05) is 19.7 Å². The second-order valence-electron chi connectivity index (χ2n) is 6.89. The smallest absolute Gasteiger partial charge is 0.263 e. The summed E-state index contributed by atoms with van der Waals surface area (Å²) in [4.78, 5) is 6.42. The Morgan fingerprint density at radius 1 is 1.22 bits per heavy atom. The summed E-state index contributed by atoms with van der Waals surface area (Å²) in [6, 6.07) is 9.61. The average molecular weight is 375 g/mol.